The van der Waals surface area contributed by atoms with Crippen molar-refractivity contribution >= 4 is 22.7 Å². The molecule has 2 aromatic carbocycles. The summed E-state index contributed by atoms with van der Waals surface area (Å²) >= 11 is 0. The summed E-state index contributed by atoms with van der Waals surface area (Å²) in [6.45, 7) is 1.93. The van der Waals surface area contributed by atoms with Gasteiger partial charge >= 0.3 is 0 Å². The Morgan fingerprint density at radius 2 is 1.46 bits per heavy atom. The Hall–Kier alpha value is -2.80. The van der Waals surface area contributed by atoms with E-state index in [1.807, 2.05) is 24.3 Å². The number of nitro benzene ring substituents is 1. The van der Waals surface area contributed by atoms with E-state index in [-0.39, 0.29) is 5.69 Å². The van der Waals surface area contributed by atoms with E-state index in [1.165, 1.54) is 12.1 Å². The Kier molecular flexibility index (Phi) is 5.59. The molecular formula is C17H22N5O2+. The molecule has 0 spiro atoms. The highest BCUT2D eigenvalue weighted by Gasteiger charge is 2.05. The Morgan fingerprint density at radius 1 is 0.958 bits per heavy atom. The van der Waals surface area contributed by atoms with Gasteiger partial charge in [-0.3, -0.25) is 10.1 Å². The topological polar surface area (TPSA) is 79.9 Å². The summed E-state index contributed by atoms with van der Waals surface area (Å²) in [7, 11) is 6.47. The number of hydrogen-bond acceptors (Lipinski definition) is 5. The molecule has 0 saturated heterocycles. The first-order valence-corrected chi connectivity index (χ1v) is 7.64. The monoisotopic (exact) mass is 328 g/mol. The highest BCUT2D eigenvalue weighted by Crippen LogP contribution is 2.22. The number of hydrogen-bond donors (Lipinski definition) is 1. The van der Waals surface area contributed by atoms with Crippen molar-refractivity contribution < 1.29 is 9.41 Å². The fraction of sp³-hybridized carbons (Fsp3) is 0.294. The summed E-state index contributed by atoms with van der Waals surface area (Å²) in [6.07, 6.45) is 0. The zero-order chi connectivity index (χ0) is 17.6. The second kappa shape index (κ2) is 7.65. The van der Waals surface area contributed by atoms with Crippen LogP contribution in [0.4, 0.5) is 22.7 Å². The lowest BCUT2D eigenvalue weighted by atomic mass is 10.3. The van der Waals surface area contributed by atoms with Crippen LogP contribution in [0.15, 0.2) is 58.8 Å². The molecule has 0 aliphatic carbocycles. The number of non-ortho nitro benzene ring substituents is 1. The van der Waals surface area contributed by atoms with Crippen LogP contribution in [0, 0.1) is 10.1 Å². The van der Waals surface area contributed by atoms with Crippen LogP contribution in [0.3, 0.4) is 0 Å². The van der Waals surface area contributed by atoms with Crippen molar-refractivity contribution in [3.8, 4) is 0 Å². The van der Waals surface area contributed by atoms with Gasteiger partial charge in [0.1, 0.15) is 0 Å². The van der Waals surface area contributed by atoms with Gasteiger partial charge in [-0.2, -0.15) is 10.2 Å². The number of likely N-dealkylation sites (N-methyl/N-ethyl adjacent to an activating group) is 1. The van der Waals surface area contributed by atoms with Gasteiger partial charge in [0.2, 0.25) is 0 Å². The Labute approximate surface area is 141 Å². The normalized spacial score (nSPS) is 11.6. The van der Waals surface area contributed by atoms with Gasteiger partial charge in [0.15, 0.2) is 0 Å². The third-order valence-corrected chi connectivity index (χ3v) is 3.32. The summed E-state index contributed by atoms with van der Waals surface area (Å²) in [5, 5.41) is 22.2. The molecule has 7 nitrogen and oxygen atoms in total. The minimum atomic E-state index is -0.439. The van der Waals surface area contributed by atoms with Crippen molar-refractivity contribution in [1.29, 1.82) is 0 Å². The smallest absolute Gasteiger partial charge is 0.269 e. The highest BCUT2D eigenvalue weighted by molar-refractivity contribution is 5.51. The summed E-state index contributed by atoms with van der Waals surface area (Å²) in [5.74, 6) is 0. The van der Waals surface area contributed by atoms with E-state index >= 15 is 0 Å². The lowest BCUT2D eigenvalue weighted by Gasteiger charge is -2.24. The Morgan fingerprint density at radius 3 is 1.92 bits per heavy atom. The lowest BCUT2D eigenvalue weighted by molar-refractivity contribution is -0.868. The summed E-state index contributed by atoms with van der Waals surface area (Å²) in [5.41, 5.74) is 2.38. The fourth-order valence-corrected chi connectivity index (χ4v) is 1.94. The van der Waals surface area contributed by atoms with Crippen LogP contribution in [0.2, 0.25) is 0 Å². The average molecular weight is 328 g/mol. The molecule has 2 aromatic rings. The molecule has 0 saturated carbocycles. The first-order chi connectivity index (χ1) is 11.3. The van der Waals surface area contributed by atoms with E-state index in [4.69, 9.17) is 0 Å². The molecule has 0 bridgehead atoms. The minimum absolute atomic E-state index is 0.0401. The van der Waals surface area contributed by atoms with Crippen LogP contribution < -0.4 is 5.32 Å². The number of azo groups is 1. The number of nitrogens with one attached hydrogen (secondary N) is 1. The lowest BCUT2D eigenvalue weighted by Crippen LogP contribution is -2.38. The number of nitrogens with zero attached hydrogens (tertiary/aromatic N) is 4. The maximum Gasteiger partial charge on any atom is 0.269 e. The van der Waals surface area contributed by atoms with Crippen molar-refractivity contribution in [2.45, 2.75) is 0 Å². The molecule has 0 aromatic heterocycles. The predicted octanol–water partition coefficient (Wildman–Crippen LogP) is 4.13. The van der Waals surface area contributed by atoms with Gasteiger partial charge in [-0.15, -0.1) is 0 Å². The number of benzene rings is 2. The number of nitro groups is 1. The van der Waals surface area contributed by atoms with E-state index in [0.717, 1.165) is 28.9 Å². The number of quaternary nitrogens is 1. The highest BCUT2D eigenvalue weighted by atomic mass is 16.6. The largest absolute Gasteiger partial charge is 0.379 e. The molecule has 0 amide bonds. The minimum Gasteiger partial charge on any atom is -0.379 e. The molecule has 0 heterocycles. The Bertz CT molecular complexity index is 703. The molecule has 0 aliphatic heterocycles. The molecule has 24 heavy (non-hydrogen) atoms. The molecule has 0 aliphatic rings. The second-order valence-corrected chi connectivity index (χ2v) is 6.46. The van der Waals surface area contributed by atoms with E-state index in [0.29, 0.717) is 5.69 Å². The van der Waals surface area contributed by atoms with Crippen LogP contribution in [0.1, 0.15) is 0 Å². The van der Waals surface area contributed by atoms with Gasteiger partial charge < -0.3 is 9.80 Å². The Balaban J connectivity index is 1.92. The molecule has 0 atom stereocenters. The zero-order valence-corrected chi connectivity index (χ0v) is 14.1. The van der Waals surface area contributed by atoms with Gasteiger partial charge in [0.25, 0.3) is 5.69 Å². The third-order valence-electron chi connectivity index (χ3n) is 3.32. The van der Waals surface area contributed by atoms with Crippen LogP contribution in [0.25, 0.3) is 0 Å². The quantitative estimate of drug-likeness (QED) is 0.359. The summed E-state index contributed by atoms with van der Waals surface area (Å²) < 4.78 is 0.911. The third kappa shape index (κ3) is 5.77. The summed E-state index contributed by atoms with van der Waals surface area (Å²) in [6, 6.07) is 13.6. The van der Waals surface area contributed by atoms with Gasteiger partial charge in [0.05, 0.1) is 50.5 Å². The van der Waals surface area contributed by atoms with Crippen LogP contribution >= 0.6 is 0 Å². The second-order valence-electron chi connectivity index (χ2n) is 6.46. The fourth-order valence-electron chi connectivity index (χ4n) is 1.94. The first-order valence-electron chi connectivity index (χ1n) is 7.64. The molecule has 0 fully saturated rings. The maximum absolute atomic E-state index is 10.6. The van der Waals surface area contributed by atoms with E-state index in [9.17, 15) is 10.1 Å². The van der Waals surface area contributed by atoms with Gasteiger partial charge in [-0.25, -0.2) is 0 Å². The van der Waals surface area contributed by atoms with Crippen molar-refractivity contribution in [1.82, 2.24) is 0 Å². The molecular weight excluding hydrogens is 306 g/mol. The molecule has 2 rings (SSSR count). The summed E-state index contributed by atoms with van der Waals surface area (Å²) in [4.78, 5) is 10.2. The van der Waals surface area contributed by atoms with Gasteiger partial charge in [-0.1, -0.05) is 0 Å². The van der Waals surface area contributed by atoms with Crippen LogP contribution in [-0.4, -0.2) is 43.6 Å². The molecule has 7 heteroatoms. The van der Waals surface area contributed by atoms with E-state index in [2.05, 4.69) is 36.7 Å². The van der Waals surface area contributed by atoms with Crippen molar-refractivity contribution in [3.63, 3.8) is 0 Å². The van der Waals surface area contributed by atoms with Crippen LogP contribution in [0.5, 0.6) is 0 Å². The molecule has 0 unspecified atom stereocenters. The predicted molar refractivity (Wildman–Crippen MR) is 95.1 cm³/mol. The maximum atomic E-state index is 10.6. The number of anilines is 1. The van der Waals surface area contributed by atoms with Gasteiger partial charge in [-0.05, 0) is 36.4 Å². The van der Waals surface area contributed by atoms with Crippen LogP contribution in [-0.2, 0) is 0 Å². The first kappa shape index (κ1) is 17.6. The van der Waals surface area contributed by atoms with Crippen molar-refractivity contribution in [2.75, 3.05) is 39.5 Å². The SMILES string of the molecule is C[N+](C)(C)CCNc1ccc(N=Nc2ccc([N+](=O)[O-])cc2)cc1. The van der Waals surface area contributed by atoms with Crippen molar-refractivity contribution in [2.24, 2.45) is 10.2 Å². The molecule has 126 valence electrons. The molecule has 0 radical (unpaired) electrons. The van der Waals surface area contributed by atoms with Gasteiger partial charge in [0, 0.05) is 17.8 Å². The number of rotatable bonds is 7. The van der Waals surface area contributed by atoms with E-state index < -0.39 is 4.92 Å². The van der Waals surface area contributed by atoms with Crippen molar-refractivity contribution in [3.05, 3.63) is 58.6 Å². The zero-order valence-electron chi connectivity index (χ0n) is 14.1. The average Bonchev–Trinajstić information content (AvgIpc) is 2.53. The van der Waals surface area contributed by atoms with E-state index in [1.54, 1.807) is 12.1 Å². The molecule has 1 N–H and O–H groups in total. The standard InChI is InChI=1S/C17H22N5O2/c1-22(2,3)13-12-18-14-4-6-15(7-5-14)19-20-16-8-10-17(11-9-16)21(23)24/h4-11,18H,12-13H2,1-3H3/q+1.